The molecule has 3 rings (SSSR count). The molecule has 0 saturated carbocycles. The summed E-state index contributed by atoms with van der Waals surface area (Å²) in [5.41, 5.74) is 3.27. The Kier molecular flexibility index (Phi) is 6.44. The van der Waals surface area contributed by atoms with E-state index < -0.39 is 0 Å². The van der Waals surface area contributed by atoms with Crippen molar-refractivity contribution in [3.63, 3.8) is 0 Å². The van der Waals surface area contributed by atoms with Crippen LogP contribution in [0.5, 0.6) is 11.5 Å². The smallest absolute Gasteiger partial charge is 0.257 e. The van der Waals surface area contributed by atoms with Gasteiger partial charge in [0, 0.05) is 24.1 Å². The van der Waals surface area contributed by atoms with Crippen molar-refractivity contribution < 1.29 is 14.0 Å². The van der Waals surface area contributed by atoms with Crippen LogP contribution >= 0.6 is 0 Å². The van der Waals surface area contributed by atoms with E-state index in [1.807, 2.05) is 37.3 Å². The molecule has 0 saturated heterocycles. The molecule has 0 atom stereocenters. The number of hydrogen-bond acceptors (Lipinski definition) is 6. The second-order valence-corrected chi connectivity index (χ2v) is 6.15. The summed E-state index contributed by atoms with van der Waals surface area (Å²) in [7, 11) is 3.31. The highest BCUT2D eigenvalue weighted by Gasteiger charge is 2.09. The van der Waals surface area contributed by atoms with E-state index in [0.717, 1.165) is 54.4 Å². The highest BCUT2D eigenvalue weighted by Crippen LogP contribution is 2.30. The molecule has 0 fully saturated rings. The minimum atomic E-state index is 0.571. The Morgan fingerprint density at radius 3 is 2.52 bits per heavy atom. The summed E-state index contributed by atoms with van der Waals surface area (Å²) in [6.45, 7) is 3.59. The van der Waals surface area contributed by atoms with Gasteiger partial charge in [-0.1, -0.05) is 36.3 Å². The van der Waals surface area contributed by atoms with Crippen molar-refractivity contribution in [3.05, 3.63) is 59.4 Å². The Morgan fingerprint density at radius 1 is 1.04 bits per heavy atom. The molecule has 0 radical (unpaired) electrons. The molecular formula is C21H25N3O3. The highest BCUT2D eigenvalue weighted by molar-refractivity contribution is 5.53. The number of benzene rings is 2. The number of methoxy groups -OCH3 is 2. The zero-order valence-electron chi connectivity index (χ0n) is 16.0. The Bertz CT molecular complexity index is 859. The van der Waals surface area contributed by atoms with Crippen molar-refractivity contribution in [2.45, 2.75) is 26.3 Å². The summed E-state index contributed by atoms with van der Waals surface area (Å²) in [6, 6.07) is 14.1. The van der Waals surface area contributed by atoms with Crippen LogP contribution in [-0.4, -0.2) is 30.9 Å². The van der Waals surface area contributed by atoms with Crippen LogP contribution in [0.2, 0.25) is 0 Å². The molecule has 0 unspecified atom stereocenters. The summed E-state index contributed by atoms with van der Waals surface area (Å²) in [5, 5.41) is 7.39. The van der Waals surface area contributed by atoms with E-state index in [1.54, 1.807) is 14.2 Å². The van der Waals surface area contributed by atoms with Gasteiger partial charge in [-0.15, -0.1) is 0 Å². The minimum absolute atomic E-state index is 0.571. The minimum Gasteiger partial charge on any atom is -0.493 e. The lowest BCUT2D eigenvalue weighted by atomic mass is 10.1. The van der Waals surface area contributed by atoms with Crippen LogP contribution in [0.1, 0.15) is 23.9 Å². The number of nitrogens with one attached hydrogen (secondary N) is 1. The van der Waals surface area contributed by atoms with Gasteiger partial charge < -0.3 is 19.3 Å². The maximum absolute atomic E-state index is 5.46. The lowest BCUT2D eigenvalue weighted by Crippen LogP contribution is -2.17. The maximum atomic E-state index is 5.46. The summed E-state index contributed by atoms with van der Waals surface area (Å²) in [5.74, 6) is 2.83. The largest absolute Gasteiger partial charge is 0.493 e. The van der Waals surface area contributed by atoms with Gasteiger partial charge in [0.1, 0.15) is 0 Å². The van der Waals surface area contributed by atoms with Crippen molar-refractivity contribution in [2.75, 3.05) is 20.8 Å². The van der Waals surface area contributed by atoms with Crippen molar-refractivity contribution in [1.82, 2.24) is 15.5 Å². The standard InChI is InChI=1S/C21H25N3O3/c1-4-19-23-21(27-24-19)16-10-8-15(9-11-16)12-13-22-14-17-6-5-7-18(25-2)20(17)26-3/h5-11,22H,4,12-14H2,1-3H3. The fourth-order valence-electron chi connectivity index (χ4n) is 2.88. The second kappa shape index (κ2) is 9.19. The van der Waals surface area contributed by atoms with Crippen LogP contribution in [0.4, 0.5) is 0 Å². The number of rotatable bonds is 9. The number of ether oxygens (including phenoxy) is 2. The predicted molar refractivity (Wildman–Crippen MR) is 104 cm³/mol. The molecule has 1 N–H and O–H groups in total. The molecule has 2 aromatic carbocycles. The van der Waals surface area contributed by atoms with Gasteiger partial charge in [-0.25, -0.2) is 0 Å². The van der Waals surface area contributed by atoms with E-state index in [-0.39, 0.29) is 0 Å². The number of hydrogen-bond donors (Lipinski definition) is 1. The van der Waals surface area contributed by atoms with E-state index in [2.05, 4.69) is 27.6 Å². The number of aromatic nitrogens is 2. The fraction of sp³-hybridized carbons (Fsp3) is 0.333. The average Bonchev–Trinajstić information content (AvgIpc) is 3.20. The third kappa shape index (κ3) is 4.65. The molecule has 1 heterocycles. The van der Waals surface area contributed by atoms with Crippen molar-refractivity contribution in [3.8, 4) is 23.0 Å². The first kappa shape index (κ1) is 18.9. The maximum Gasteiger partial charge on any atom is 0.257 e. The summed E-state index contributed by atoms with van der Waals surface area (Å²) >= 11 is 0. The predicted octanol–water partition coefficient (Wildman–Crippen LogP) is 3.65. The average molecular weight is 367 g/mol. The third-order valence-electron chi connectivity index (χ3n) is 4.38. The first-order chi connectivity index (χ1) is 13.2. The van der Waals surface area contributed by atoms with Gasteiger partial charge in [0.2, 0.25) is 0 Å². The highest BCUT2D eigenvalue weighted by atomic mass is 16.5. The zero-order valence-corrected chi connectivity index (χ0v) is 16.0. The van der Waals surface area contributed by atoms with Gasteiger partial charge in [-0.2, -0.15) is 4.98 Å². The van der Waals surface area contributed by atoms with Gasteiger partial charge in [0.05, 0.1) is 14.2 Å². The zero-order chi connectivity index (χ0) is 19.1. The van der Waals surface area contributed by atoms with E-state index in [9.17, 15) is 0 Å². The van der Waals surface area contributed by atoms with Gasteiger partial charge in [0.15, 0.2) is 17.3 Å². The normalized spacial score (nSPS) is 10.8. The van der Waals surface area contributed by atoms with Crippen LogP contribution in [0, 0.1) is 0 Å². The molecule has 0 amide bonds. The molecule has 1 aromatic heterocycles. The third-order valence-corrected chi connectivity index (χ3v) is 4.38. The van der Waals surface area contributed by atoms with E-state index in [1.165, 1.54) is 5.56 Å². The van der Waals surface area contributed by atoms with Gasteiger partial charge in [0.25, 0.3) is 5.89 Å². The van der Waals surface area contributed by atoms with Crippen LogP contribution in [0.25, 0.3) is 11.5 Å². The monoisotopic (exact) mass is 367 g/mol. The van der Waals surface area contributed by atoms with Crippen molar-refractivity contribution in [1.29, 1.82) is 0 Å². The lowest BCUT2D eigenvalue weighted by Gasteiger charge is -2.13. The molecular weight excluding hydrogens is 342 g/mol. The van der Waals surface area contributed by atoms with Gasteiger partial charge in [-0.3, -0.25) is 0 Å². The van der Waals surface area contributed by atoms with Crippen molar-refractivity contribution in [2.24, 2.45) is 0 Å². The molecule has 27 heavy (non-hydrogen) atoms. The quantitative estimate of drug-likeness (QED) is 0.582. The summed E-state index contributed by atoms with van der Waals surface area (Å²) in [4.78, 5) is 4.36. The number of nitrogens with zero attached hydrogens (tertiary/aromatic N) is 2. The molecule has 3 aromatic rings. The fourth-order valence-corrected chi connectivity index (χ4v) is 2.88. The van der Waals surface area contributed by atoms with Crippen LogP contribution in [0.3, 0.4) is 0 Å². The first-order valence-electron chi connectivity index (χ1n) is 9.07. The molecule has 0 spiro atoms. The summed E-state index contributed by atoms with van der Waals surface area (Å²) in [6.07, 6.45) is 1.70. The Hall–Kier alpha value is -2.86. The molecule has 0 bridgehead atoms. The van der Waals surface area contributed by atoms with Crippen LogP contribution in [-0.2, 0) is 19.4 Å². The number of aryl methyl sites for hydroxylation is 1. The summed E-state index contributed by atoms with van der Waals surface area (Å²) < 4.78 is 16.1. The molecule has 0 aliphatic carbocycles. The van der Waals surface area contributed by atoms with Crippen molar-refractivity contribution >= 4 is 0 Å². The lowest BCUT2D eigenvalue weighted by molar-refractivity contribution is 0.350. The second-order valence-electron chi connectivity index (χ2n) is 6.15. The molecule has 6 nitrogen and oxygen atoms in total. The van der Waals surface area contributed by atoms with Gasteiger partial charge >= 0.3 is 0 Å². The molecule has 0 aliphatic heterocycles. The van der Waals surface area contributed by atoms with E-state index in [0.29, 0.717) is 5.89 Å². The van der Waals surface area contributed by atoms with Crippen LogP contribution in [0.15, 0.2) is 47.0 Å². The topological polar surface area (TPSA) is 69.4 Å². The Balaban J connectivity index is 1.52. The number of para-hydroxylation sites is 1. The van der Waals surface area contributed by atoms with E-state index in [4.69, 9.17) is 14.0 Å². The first-order valence-corrected chi connectivity index (χ1v) is 9.07. The SMILES string of the molecule is CCc1noc(-c2ccc(CCNCc3cccc(OC)c3OC)cc2)n1. The van der Waals surface area contributed by atoms with E-state index >= 15 is 0 Å². The molecule has 6 heteroatoms. The Labute approximate surface area is 159 Å². The van der Waals surface area contributed by atoms with Crippen LogP contribution < -0.4 is 14.8 Å². The van der Waals surface area contributed by atoms with Gasteiger partial charge in [-0.05, 0) is 36.7 Å². The molecule has 0 aliphatic rings. The Morgan fingerprint density at radius 2 is 1.85 bits per heavy atom. The molecule has 142 valence electrons.